The van der Waals surface area contributed by atoms with Gasteiger partial charge in [-0.25, -0.2) is 13.1 Å². The van der Waals surface area contributed by atoms with Crippen molar-refractivity contribution in [2.45, 2.75) is 33.6 Å². The summed E-state index contributed by atoms with van der Waals surface area (Å²) >= 11 is 0. The minimum absolute atomic E-state index is 0.0791. The Balaban J connectivity index is 3.99. The fourth-order valence-electron chi connectivity index (χ4n) is 1.63. The molecule has 0 unspecified atom stereocenters. The second kappa shape index (κ2) is 8.02. The van der Waals surface area contributed by atoms with E-state index in [9.17, 15) is 13.5 Å². The van der Waals surface area contributed by atoms with Crippen LogP contribution in [-0.2, 0) is 10.0 Å². The number of rotatable bonds is 10. The molecule has 0 aliphatic heterocycles. The molecule has 0 radical (unpaired) electrons. The van der Waals surface area contributed by atoms with Gasteiger partial charge in [0.1, 0.15) is 0 Å². The number of nitrogens with one attached hydrogen (secondary N) is 2. The molecule has 0 spiro atoms. The van der Waals surface area contributed by atoms with Crippen molar-refractivity contribution in [2.75, 3.05) is 32.0 Å². The number of aliphatic hydroxyl groups excluding tert-OH is 1. The van der Waals surface area contributed by atoms with E-state index >= 15 is 0 Å². The molecule has 0 aliphatic carbocycles. The highest BCUT2D eigenvalue weighted by atomic mass is 32.2. The largest absolute Gasteiger partial charge is 0.396 e. The second-order valence-corrected chi connectivity index (χ2v) is 6.29. The fraction of sp³-hybridized carbons (Fsp3) is 1.00. The van der Waals surface area contributed by atoms with E-state index in [1.807, 2.05) is 13.8 Å². The zero-order chi connectivity index (χ0) is 13.4. The van der Waals surface area contributed by atoms with Crippen LogP contribution in [0.25, 0.3) is 0 Å². The molecule has 6 heteroatoms. The van der Waals surface area contributed by atoms with Crippen LogP contribution in [0, 0.1) is 5.41 Å². The topological polar surface area (TPSA) is 78.4 Å². The van der Waals surface area contributed by atoms with Crippen molar-refractivity contribution in [3.8, 4) is 0 Å². The van der Waals surface area contributed by atoms with Crippen molar-refractivity contribution in [3.05, 3.63) is 0 Å². The van der Waals surface area contributed by atoms with Crippen LogP contribution in [0.1, 0.15) is 33.6 Å². The van der Waals surface area contributed by atoms with Crippen LogP contribution in [0.5, 0.6) is 0 Å². The molecule has 0 heterocycles. The molecule has 0 aromatic heterocycles. The first-order chi connectivity index (χ1) is 7.95. The smallest absolute Gasteiger partial charge is 0.212 e. The second-order valence-electron chi connectivity index (χ2n) is 4.36. The van der Waals surface area contributed by atoms with E-state index in [1.165, 1.54) is 0 Å². The Hall–Kier alpha value is -0.170. The molecule has 0 atom stereocenters. The molecule has 0 aromatic rings. The fourth-order valence-corrected chi connectivity index (χ4v) is 2.63. The highest BCUT2D eigenvalue weighted by Crippen LogP contribution is 2.24. The summed E-state index contributed by atoms with van der Waals surface area (Å²) in [7, 11) is -3.14. The summed E-state index contributed by atoms with van der Waals surface area (Å²) in [4.78, 5) is 0. The Bertz CT molecular complexity index is 279. The molecule has 0 aliphatic rings. The summed E-state index contributed by atoms with van der Waals surface area (Å²) in [6, 6.07) is 0. The van der Waals surface area contributed by atoms with Gasteiger partial charge in [-0.1, -0.05) is 20.8 Å². The van der Waals surface area contributed by atoms with Crippen molar-refractivity contribution in [2.24, 2.45) is 5.41 Å². The van der Waals surface area contributed by atoms with Gasteiger partial charge < -0.3 is 10.4 Å². The van der Waals surface area contributed by atoms with E-state index < -0.39 is 10.0 Å². The van der Waals surface area contributed by atoms with E-state index in [4.69, 9.17) is 0 Å². The van der Waals surface area contributed by atoms with Crippen molar-refractivity contribution < 1.29 is 13.5 Å². The predicted molar refractivity (Wildman–Crippen MR) is 70.4 cm³/mol. The summed E-state index contributed by atoms with van der Waals surface area (Å²) in [5.41, 5.74) is -0.123. The van der Waals surface area contributed by atoms with Gasteiger partial charge in [0.2, 0.25) is 10.0 Å². The van der Waals surface area contributed by atoms with E-state index in [1.54, 1.807) is 6.92 Å². The Morgan fingerprint density at radius 3 is 2.18 bits per heavy atom. The third-order valence-corrected chi connectivity index (χ3v) is 4.72. The van der Waals surface area contributed by atoms with Gasteiger partial charge in [0.05, 0.1) is 5.75 Å². The lowest BCUT2D eigenvalue weighted by atomic mass is 9.83. The first kappa shape index (κ1) is 16.8. The summed E-state index contributed by atoms with van der Waals surface area (Å²) in [6.07, 6.45) is 1.76. The number of aliphatic hydroxyl groups is 1. The van der Waals surface area contributed by atoms with Crippen LogP contribution < -0.4 is 10.0 Å². The maximum atomic E-state index is 11.4. The molecule has 0 bridgehead atoms. The maximum absolute atomic E-state index is 11.4. The SMILES string of the molecule is CCNS(=O)(=O)CCNCC(CC)(CC)CO. The molecule has 0 saturated carbocycles. The average Bonchev–Trinajstić information content (AvgIpc) is 2.30. The lowest BCUT2D eigenvalue weighted by molar-refractivity contribution is 0.114. The third kappa shape index (κ3) is 6.35. The van der Waals surface area contributed by atoms with Gasteiger partial charge in [-0.15, -0.1) is 0 Å². The van der Waals surface area contributed by atoms with Gasteiger partial charge in [0.15, 0.2) is 0 Å². The van der Waals surface area contributed by atoms with E-state index in [-0.39, 0.29) is 17.8 Å². The third-order valence-electron chi connectivity index (χ3n) is 3.25. The van der Waals surface area contributed by atoms with Crippen LogP contribution in [-0.4, -0.2) is 45.5 Å². The summed E-state index contributed by atoms with van der Waals surface area (Å²) < 4.78 is 25.2. The molecule has 0 amide bonds. The minimum atomic E-state index is -3.14. The standard InChI is InChI=1S/C11H26N2O3S/c1-4-11(5-2,10-14)9-12-7-8-17(15,16)13-6-3/h12-14H,4-10H2,1-3H3. The van der Waals surface area contributed by atoms with Crippen LogP contribution in [0.3, 0.4) is 0 Å². The molecular formula is C11H26N2O3S. The highest BCUT2D eigenvalue weighted by molar-refractivity contribution is 7.89. The Kier molecular flexibility index (Phi) is 7.94. The number of hydrogen-bond donors (Lipinski definition) is 3. The molecule has 3 N–H and O–H groups in total. The molecular weight excluding hydrogens is 240 g/mol. The molecule has 17 heavy (non-hydrogen) atoms. The van der Waals surface area contributed by atoms with Crippen LogP contribution >= 0.6 is 0 Å². The van der Waals surface area contributed by atoms with Gasteiger partial charge in [0.25, 0.3) is 0 Å². The van der Waals surface area contributed by atoms with Gasteiger partial charge in [-0.05, 0) is 12.8 Å². The maximum Gasteiger partial charge on any atom is 0.212 e. The Morgan fingerprint density at radius 2 is 1.76 bits per heavy atom. The summed E-state index contributed by atoms with van der Waals surface area (Å²) in [5, 5.41) is 12.5. The van der Waals surface area contributed by atoms with Gasteiger partial charge in [-0.3, -0.25) is 0 Å². The normalized spacial score (nSPS) is 12.9. The minimum Gasteiger partial charge on any atom is -0.396 e. The van der Waals surface area contributed by atoms with Crippen LogP contribution in [0.4, 0.5) is 0 Å². The zero-order valence-electron chi connectivity index (χ0n) is 11.1. The predicted octanol–water partition coefficient (Wildman–Crippen LogP) is 0.314. The van der Waals surface area contributed by atoms with Gasteiger partial charge >= 0.3 is 0 Å². The van der Waals surface area contributed by atoms with E-state index in [0.29, 0.717) is 19.6 Å². The van der Waals surface area contributed by atoms with E-state index in [0.717, 1.165) is 12.8 Å². The summed E-state index contributed by atoms with van der Waals surface area (Å²) in [5.74, 6) is 0.0791. The molecule has 0 aromatic carbocycles. The lowest BCUT2D eigenvalue weighted by Gasteiger charge is -2.29. The first-order valence-corrected chi connectivity index (χ1v) is 7.89. The molecule has 0 fully saturated rings. The quantitative estimate of drug-likeness (QED) is 0.497. The number of hydrogen-bond acceptors (Lipinski definition) is 4. The average molecular weight is 266 g/mol. The van der Waals surface area contributed by atoms with Gasteiger partial charge in [-0.2, -0.15) is 0 Å². The first-order valence-electron chi connectivity index (χ1n) is 6.24. The molecule has 0 rings (SSSR count). The van der Waals surface area contributed by atoms with Crippen molar-refractivity contribution in [1.82, 2.24) is 10.0 Å². The van der Waals surface area contributed by atoms with Crippen molar-refractivity contribution in [1.29, 1.82) is 0 Å². The summed E-state index contributed by atoms with van der Waals surface area (Å²) in [6.45, 7) is 7.46. The van der Waals surface area contributed by atoms with Crippen molar-refractivity contribution >= 4 is 10.0 Å². The lowest BCUT2D eigenvalue weighted by Crippen LogP contribution is -2.39. The Morgan fingerprint density at radius 1 is 1.18 bits per heavy atom. The van der Waals surface area contributed by atoms with E-state index in [2.05, 4.69) is 10.0 Å². The molecule has 5 nitrogen and oxygen atoms in total. The van der Waals surface area contributed by atoms with Gasteiger partial charge in [0, 0.05) is 31.7 Å². The zero-order valence-corrected chi connectivity index (χ0v) is 11.9. The molecule has 104 valence electrons. The Labute approximate surface area is 105 Å². The van der Waals surface area contributed by atoms with Crippen molar-refractivity contribution in [3.63, 3.8) is 0 Å². The number of sulfonamides is 1. The van der Waals surface area contributed by atoms with Crippen LogP contribution in [0.2, 0.25) is 0 Å². The highest BCUT2D eigenvalue weighted by Gasteiger charge is 2.24. The molecule has 0 saturated heterocycles. The monoisotopic (exact) mass is 266 g/mol. The van der Waals surface area contributed by atoms with Crippen LogP contribution in [0.15, 0.2) is 0 Å².